The summed E-state index contributed by atoms with van der Waals surface area (Å²) in [6.45, 7) is 0.556. The minimum atomic E-state index is -1.09. The highest BCUT2D eigenvalue weighted by Gasteiger charge is 2.12. The van der Waals surface area contributed by atoms with Crippen molar-refractivity contribution in [2.24, 2.45) is 5.10 Å². The van der Waals surface area contributed by atoms with Gasteiger partial charge in [0.05, 0.1) is 23.3 Å². The molecule has 3 aromatic rings. The van der Waals surface area contributed by atoms with E-state index in [0.717, 1.165) is 5.56 Å². The lowest BCUT2D eigenvalue weighted by Crippen LogP contribution is -2.05. The molecule has 132 valence electrons. The molecule has 0 aliphatic rings. The Kier molecular flexibility index (Phi) is 5.61. The summed E-state index contributed by atoms with van der Waals surface area (Å²) in [6.07, 6.45) is 1.55. The predicted octanol–water partition coefficient (Wildman–Crippen LogP) is 5.08. The summed E-state index contributed by atoms with van der Waals surface area (Å²) in [5, 5.41) is 14.1. The first kappa shape index (κ1) is 18.0. The van der Waals surface area contributed by atoms with Crippen molar-refractivity contribution in [3.8, 4) is 11.3 Å². The summed E-state index contributed by atoms with van der Waals surface area (Å²) in [5.41, 5.74) is 4.63. The largest absolute Gasteiger partial charge is 0.478 e. The van der Waals surface area contributed by atoms with Crippen LogP contribution in [0, 0.1) is 0 Å². The zero-order chi connectivity index (χ0) is 18.5. The van der Waals surface area contributed by atoms with Gasteiger partial charge < -0.3 is 14.9 Å². The minimum absolute atomic E-state index is 0.0282. The van der Waals surface area contributed by atoms with E-state index in [1.165, 1.54) is 12.1 Å². The molecule has 0 atom stereocenters. The second kappa shape index (κ2) is 8.08. The molecule has 0 aliphatic heterocycles. The zero-order valence-electron chi connectivity index (χ0n) is 13.4. The van der Waals surface area contributed by atoms with Gasteiger partial charge in [0.2, 0.25) is 0 Å². The molecule has 0 unspecified atom stereocenters. The Morgan fingerprint density at radius 3 is 2.62 bits per heavy atom. The van der Waals surface area contributed by atoms with Crippen LogP contribution in [0.1, 0.15) is 21.7 Å². The number of hydrogen-bond acceptors (Lipinski definition) is 4. The molecule has 0 aliphatic carbocycles. The van der Waals surface area contributed by atoms with Gasteiger partial charge in [0, 0.05) is 10.6 Å². The number of carboxylic acid groups (broad SMARTS) is 1. The molecule has 2 N–H and O–H groups in total. The molecule has 2 aromatic carbocycles. The molecule has 0 bridgehead atoms. The maximum Gasteiger partial charge on any atom is 0.337 e. The van der Waals surface area contributed by atoms with Gasteiger partial charge >= 0.3 is 5.97 Å². The van der Waals surface area contributed by atoms with Crippen LogP contribution in [0.2, 0.25) is 10.0 Å². The molecule has 3 rings (SSSR count). The summed E-state index contributed by atoms with van der Waals surface area (Å²) < 4.78 is 5.67. The van der Waals surface area contributed by atoms with Crippen LogP contribution in [0.4, 0.5) is 0 Å². The first-order valence-corrected chi connectivity index (χ1v) is 8.42. The van der Waals surface area contributed by atoms with Crippen LogP contribution in [0.3, 0.4) is 0 Å². The van der Waals surface area contributed by atoms with Crippen molar-refractivity contribution >= 4 is 35.4 Å². The maximum atomic E-state index is 11.2. The maximum absolute atomic E-state index is 11.2. The second-order valence-corrected chi connectivity index (χ2v) is 6.26. The third-order valence-electron chi connectivity index (χ3n) is 3.59. The van der Waals surface area contributed by atoms with Gasteiger partial charge in [-0.2, -0.15) is 5.10 Å². The lowest BCUT2D eigenvalue weighted by Gasteiger charge is -2.02. The molecule has 0 spiro atoms. The van der Waals surface area contributed by atoms with E-state index in [0.29, 0.717) is 28.7 Å². The minimum Gasteiger partial charge on any atom is -0.478 e. The van der Waals surface area contributed by atoms with Gasteiger partial charge in [-0.25, -0.2) is 4.79 Å². The second-order valence-electron chi connectivity index (χ2n) is 5.42. The van der Waals surface area contributed by atoms with Crippen molar-refractivity contribution in [2.45, 2.75) is 6.54 Å². The first-order chi connectivity index (χ1) is 12.5. The molecular formula is C19H14Cl2N2O3. The van der Waals surface area contributed by atoms with Crippen molar-refractivity contribution in [2.75, 3.05) is 0 Å². The standard InChI is InChI=1S/C19H14Cl2N2O3/c20-14-4-1-12(2-5-14)10-22-23-11-15-6-8-18(26-15)13-3-7-17(21)16(9-13)19(24)25/h1-9,11,22H,10H2,(H,24,25)/b23-11-. The number of nitrogens with one attached hydrogen (secondary N) is 1. The van der Waals surface area contributed by atoms with Crippen LogP contribution in [-0.4, -0.2) is 17.3 Å². The quantitative estimate of drug-likeness (QED) is 0.456. The lowest BCUT2D eigenvalue weighted by atomic mass is 10.1. The third kappa shape index (κ3) is 4.45. The van der Waals surface area contributed by atoms with Gasteiger partial charge in [-0.15, -0.1) is 0 Å². The molecular weight excluding hydrogens is 375 g/mol. The topological polar surface area (TPSA) is 74.8 Å². The molecule has 1 aromatic heterocycles. The monoisotopic (exact) mass is 388 g/mol. The van der Waals surface area contributed by atoms with Crippen LogP contribution in [-0.2, 0) is 6.54 Å². The Labute approximate surface area is 159 Å². The van der Waals surface area contributed by atoms with E-state index in [1.807, 2.05) is 24.3 Å². The van der Waals surface area contributed by atoms with Crippen LogP contribution >= 0.6 is 23.2 Å². The fourth-order valence-electron chi connectivity index (χ4n) is 2.27. The number of benzene rings is 2. The average molecular weight is 389 g/mol. The Morgan fingerprint density at radius 1 is 1.12 bits per heavy atom. The molecule has 5 nitrogen and oxygen atoms in total. The smallest absolute Gasteiger partial charge is 0.337 e. The van der Waals surface area contributed by atoms with Crippen molar-refractivity contribution in [3.05, 3.63) is 81.5 Å². The van der Waals surface area contributed by atoms with Gasteiger partial charge in [-0.1, -0.05) is 35.3 Å². The van der Waals surface area contributed by atoms with Crippen LogP contribution in [0.25, 0.3) is 11.3 Å². The van der Waals surface area contributed by atoms with E-state index in [-0.39, 0.29) is 10.6 Å². The summed E-state index contributed by atoms with van der Waals surface area (Å²) in [4.78, 5) is 11.2. The Balaban J connectivity index is 1.65. The third-order valence-corrected chi connectivity index (χ3v) is 4.17. The fourth-order valence-corrected chi connectivity index (χ4v) is 2.59. The Morgan fingerprint density at radius 2 is 1.88 bits per heavy atom. The highest BCUT2D eigenvalue weighted by molar-refractivity contribution is 6.33. The lowest BCUT2D eigenvalue weighted by molar-refractivity contribution is 0.0697. The van der Waals surface area contributed by atoms with E-state index in [1.54, 1.807) is 24.4 Å². The van der Waals surface area contributed by atoms with E-state index in [4.69, 9.17) is 32.7 Å². The molecule has 26 heavy (non-hydrogen) atoms. The van der Waals surface area contributed by atoms with Crippen molar-refractivity contribution in [1.29, 1.82) is 0 Å². The zero-order valence-corrected chi connectivity index (χ0v) is 15.0. The number of nitrogens with zero attached hydrogens (tertiary/aromatic N) is 1. The molecule has 7 heteroatoms. The average Bonchev–Trinajstić information content (AvgIpc) is 3.09. The van der Waals surface area contributed by atoms with E-state index in [2.05, 4.69) is 10.5 Å². The van der Waals surface area contributed by atoms with Gasteiger partial charge in [0.1, 0.15) is 11.5 Å². The Hall–Kier alpha value is -2.76. The fraction of sp³-hybridized carbons (Fsp3) is 0.0526. The number of carboxylic acids is 1. The van der Waals surface area contributed by atoms with Gasteiger partial charge in [-0.05, 0) is 48.0 Å². The normalized spacial score (nSPS) is 11.0. The number of rotatable bonds is 6. The number of furan rings is 1. The van der Waals surface area contributed by atoms with Gasteiger partial charge in [0.15, 0.2) is 0 Å². The van der Waals surface area contributed by atoms with Gasteiger partial charge in [-0.3, -0.25) is 0 Å². The molecule has 0 radical (unpaired) electrons. The molecule has 1 heterocycles. The van der Waals surface area contributed by atoms with Crippen molar-refractivity contribution in [3.63, 3.8) is 0 Å². The highest BCUT2D eigenvalue weighted by atomic mass is 35.5. The molecule has 0 fully saturated rings. The van der Waals surface area contributed by atoms with E-state index in [9.17, 15) is 4.79 Å². The first-order valence-electron chi connectivity index (χ1n) is 7.66. The predicted molar refractivity (Wildman–Crippen MR) is 102 cm³/mol. The number of carbonyl (C=O) groups is 1. The van der Waals surface area contributed by atoms with Crippen LogP contribution in [0.15, 0.2) is 64.1 Å². The molecule has 0 saturated carbocycles. The Bertz CT molecular complexity index is 950. The SMILES string of the molecule is O=C(O)c1cc(-c2ccc(/C=N\NCc3ccc(Cl)cc3)o2)ccc1Cl. The van der Waals surface area contributed by atoms with Crippen LogP contribution in [0.5, 0.6) is 0 Å². The van der Waals surface area contributed by atoms with E-state index < -0.39 is 5.97 Å². The summed E-state index contributed by atoms with van der Waals surface area (Å²) >= 11 is 11.7. The number of aromatic carboxylic acids is 1. The molecule has 0 amide bonds. The number of halogens is 2. The van der Waals surface area contributed by atoms with Crippen LogP contribution < -0.4 is 5.43 Å². The number of hydrazone groups is 1. The molecule has 0 saturated heterocycles. The van der Waals surface area contributed by atoms with Gasteiger partial charge in [0.25, 0.3) is 0 Å². The summed E-state index contributed by atoms with van der Waals surface area (Å²) in [6, 6.07) is 15.7. The highest BCUT2D eigenvalue weighted by Crippen LogP contribution is 2.26. The van der Waals surface area contributed by atoms with Crippen molar-refractivity contribution in [1.82, 2.24) is 5.43 Å². The van der Waals surface area contributed by atoms with E-state index >= 15 is 0 Å². The summed E-state index contributed by atoms with van der Waals surface area (Å²) in [7, 11) is 0. The number of hydrogen-bond donors (Lipinski definition) is 2. The summed E-state index contributed by atoms with van der Waals surface area (Å²) in [5.74, 6) is -0.0182. The van der Waals surface area contributed by atoms with Crippen molar-refractivity contribution < 1.29 is 14.3 Å².